The maximum absolute atomic E-state index is 11.3. The fraction of sp³-hybridized carbons (Fsp3) is 0.885. The zero-order chi connectivity index (χ0) is 27.5. The van der Waals surface area contributed by atoms with Crippen LogP contribution in [0.5, 0.6) is 0 Å². The van der Waals surface area contributed by atoms with Gasteiger partial charge in [-0.3, -0.25) is 19.6 Å². The number of rotatable bonds is 17. The van der Waals surface area contributed by atoms with Crippen molar-refractivity contribution in [1.29, 1.82) is 0 Å². The molecule has 1 fully saturated rings. The van der Waals surface area contributed by atoms with Gasteiger partial charge in [0.2, 0.25) is 0 Å². The summed E-state index contributed by atoms with van der Waals surface area (Å²) in [5.41, 5.74) is 0. The van der Waals surface area contributed by atoms with Gasteiger partial charge in [-0.25, -0.2) is 0 Å². The first-order chi connectivity index (χ1) is 17.7. The Morgan fingerprint density at radius 3 is 1.26 bits per heavy atom. The van der Waals surface area contributed by atoms with Crippen molar-refractivity contribution in [3.05, 3.63) is 0 Å². The molecule has 1 aliphatic rings. The van der Waals surface area contributed by atoms with Gasteiger partial charge < -0.3 is 34.8 Å². The monoisotopic (exact) mass is 685 g/mol. The van der Waals surface area contributed by atoms with E-state index in [-0.39, 0.29) is 59.6 Å². The van der Waals surface area contributed by atoms with Gasteiger partial charge in [-0.15, -0.1) is 0 Å². The molecule has 1 atom stereocenters. The fourth-order valence-electron chi connectivity index (χ4n) is 4.69. The molecule has 12 heteroatoms. The molecule has 0 amide bonds. The van der Waals surface area contributed by atoms with E-state index in [0.29, 0.717) is 65.3 Å². The Balaban J connectivity index is 0.0000137. The maximum atomic E-state index is 11.3. The van der Waals surface area contributed by atoms with Crippen LogP contribution in [0.15, 0.2) is 0 Å². The molecule has 1 heterocycles. The minimum absolute atomic E-state index is 0. The molecular weight excluding hydrogens is 638 g/mol. The number of hydrogen-bond acceptors (Lipinski definition) is 11. The number of aliphatic carboxylic acids is 3. The number of β-amino-alcohol motifs (C(OH)–C–C–N with tert-alkyl or cyclic N) is 1. The SMILES string of the molecule is CCCCCCCCCCC(O)CN1CCN(CC(=O)[O-])CCN(CC(=O)[O-])CCN(CC(=O)[O-])CC1.[Gd+3]. The Labute approximate surface area is 260 Å². The Hall–Kier alpha value is -0.465. The van der Waals surface area contributed by atoms with Gasteiger partial charge in [0.05, 0.1) is 24.0 Å². The standard InChI is InChI=1S/C26H50N4O7.Gd/c1-2-3-4-5-6-7-8-9-10-23(31)19-27-11-13-28(20-24(32)33)15-17-30(22-26(36)37)18-16-29(14-12-27)21-25(34)35;/h23,31H,2-22H2,1H3,(H,32,33)(H,34,35)(H,36,37);/q;+3/p-3. The number of unbranched alkanes of at least 4 members (excludes halogenated alkanes) is 7. The Morgan fingerprint density at radius 2 is 0.921 bits per heavy atom. The quantitative estimate of drug-likeness (QED) is 0.160. The van der Waals surface area contributed by atoms with Crippen LogP contribution < -0.4 is 15.3 Å². The van der Waals surface area contributed by atoms with E-state index in [2.05, 4.69) is 6.92 Å². The van der Waals surface area contributed by atoms with E-state index < -0.39 is 24.0 Å². The topological polar surface area (TPSA) is 154 Å². The number of nitrogens with zero attached hydrogens (tertiary/aromatic N) is 4. The summed E-state index contributed by atoms with van der Waals surface area (Å²) in [6.07, 6.45) is 9.68. The maximum Gasteiger partial charge on any atom is 3.00 e. The third-order valence-electron chi connectivity index (χ3n) is 6.85. The third kappa shape index (κ3) is 20.4. The molecule has 1 rings (SSSR count). The number of aliphatic hydroxyl groups is 1. The Kier molecular flexibility index (Phi) is 23.0. The number of carbonyl (C=O) groups excluding carboxylic acids is 3. The first kappa shape index (κ1) is 37.5. The van der Waals surface area contributed by atoms with Gasteiger partial charge in [0.15, 0.2) is 0 Å². The van der Waals surface area contributed by atoms with E-state index >= 15 is 0 Å². The normalized spacial score (nSPS) is 18.2. The van der Waals surface area contributed by atoms with Crippen molar-refractivity contribution in [1.82, 2.24) is 19.6 Å². The van der Waals surface area contributed by atoms with Gasteiger partial charge in [0.25, 0.3) is 0 Å². The van der Waals surface area contributed by atoms with Crippen LogP contribution in [0, 0.1) is 39.9 Å². The van der Waals surface area contributed by atoms with Crippen molar-refractivity contribution >= 4 is 17.9 Å². The minimum Gasteiger partial charge on any atom is -0.549 e. The zero-order valence-corrected chi connectivity index (χ0v) is 25.2. The van der Waals surface area contributed by atoms with Crippen molar-refractivity contribution < 1.29 is 74.8 Å². The molecule has 1 unspecified atom stereocenters. The average molecular weight is 685 g/mol. The van der Waals surface area contributed by atoms with Gasteiger partial charge in [0, 0.05) is 78.5 Å². The Morgan fingerprint density at radius 1 is 0.605 bits per heavy atom. The van der Waals surface area contributed by atoms with E-state index in [1.54, 1.807) is 14.7 Å². The molecule has 221 valence electrons. The molecule has 0 bridgehead atoms. The van der Waals surface area contributed by atoms with E-state index in [4.69, 9.17) is 0 Å². The second-order valence-electron chi connectivity index (χ2n) is 10.2. The number of hydrogen-bond donors (Lipinski definition) is 1. The van der Waals surface area contributed by atoms with E-state index in [0.717, 1.165) is 12.8 Å². The van der Waals surface area contributed by atoms with E-state index in [1.807, 2.05) is 4.90 Å². The summed E-state index contributed by atoms with van der Waals surface area (Å²) in [5, 5.41) is 44.3. The molecule has 1 aliphatic heterocycles. The van der Waals surface area contributed by atoms with Gasteiger partial charge in [-0.1, -0.05) is 58.3 Å². The van der Waals surface area contributed by atoms with E-state index in [1.165, 1.54) is 38.5 Å². The predicted octanol–water partition coefficient (Wildman–Crippen LogP) is -2.65. The van der Waals surface area contributed by atoms with Crippen LogP contribution in [0.1, 0.15) is 64.7 Å². The molecule has 0 aromatic rings. The second-order valence-corrected chi connectivity index (χ2v) is 10.2. The van der Waals surface area contributed by atoms with Crippen LogP contribution >= 0.6 is 0 Å². The molecular formula is C26H47GdN4O7. The first-order valence-corrected chi connectivity index (χ1v) is 13.9. The molecule has 0 aromatic carbocycles. The molecule has 1 saturated heterocycles. The van der Waals surface area contributed by atoms with Crippen LogP contribution in [0.2, 0.25) is 0 Å². The molecule has 0 spiro atoms. The largest absolute Gasteiger partial charge is 3.00 e. The molecule has 1 radical (unpaired) electrons. The molecule has 0 aliphatic carbocycles. The van der Waals surface area contributed by atoms with Gasteiger partial charge in [0.1, 0.15) is 0 Å². The van der Waals surface area contributed by atoms with Crippen LogP contribution in [0.3, 0.4) is 0 Å². The fourth-order valence-corrected chi connectivity index (χ4v) is 4.69. The number of carbonyl (C=O) groups is 3. The Bertz CT molecular complexity index is 627. The van der Waals surface area contributed by atoms with Crippen molar-refractivity contribution in [2.75, 3.05) is 78.5 Å². The molecule has 1 N–H and O–H groups in total. The molecule has 0 aromatic heterocycles. The molecule has 38 heavy (non-hydrogen) atoms. The van der Waals surface area contributed by atoms with E-state index in [9.17, 15) is 34.8 Å². The minimum atomic E-state index is -1.25. The van der Waals surface area contributed by atoms with Crippen LogP contribution in [0.25, 0.3) is 0 Å². The summed E-state index contributed by atoms with van der Waals surface area (Å²) in [6.45, 7) is 4.75. The second kappa shape index (κ2) is 23.3. The number of carboxylic acid groups (broad SMARTS) is 3. The van der Waals surface area contributed by atoms with Crippen LogP contribution in [0.4, 0.5) is 0 Å². The number of carboxylic acids is 3. The summed E-state index contributed by atoms with van der Waals surface area (Å²) >= 11 is 0. The summed E-state index contributed by atoms with van der Waals surface area (Å²) in [7, 11) is 0. The van der Waals surface area contributed by atoms with Crippen molar-refractivity contribution in [2.45, 2.75) is 70.8 Å². The van der Waals surface area contributed by atoms with Gasteiger partial charge in [-0.2, -0.15) is 0 Å². The van der Waals surface area contributed by atoms with Crippen LogP contribution in [-0.2, 0) is 14.4 Å². The summed E-state index contributed by atoms with van der Waals surface area (Å²) in [5.74, 6) is -3.67. The zero-order valence-electron chi connectivity index (χ0n) is 23.0. The van der Waals surface area contributed by atoms with Gasteiger partial charge >= 0.3 is 39.9 Å². The average Bonchev–Trinajstić information content (AvgIpc) is 2.81. The van der Waals surface area contributed by atoms with Crippen molar-refractivity contribution in [3.63, 3.8) is 0 Å². The van der Waals surface area contributed by atoms with Gasteiger partial charge in [-0.05, 0) is 6.42 Å². The smallest absolute Gasteiger partial charge is 0.549 e. The molecule has 0 saturated carbocycles. The third-order valence-corrected chi connectivity index (χ3v) is 6.85. The van der Waals surface area contributed by atoms with Crippen molar-refractivity contribution in [2.24, 2.45) is 0 Å². The summed E-state index contributed by atoms with van der Waals surface area (Å²) in [6, 6.07) is 0. The molecule has 11 nitrogen and oxygen atoms in total. The first-order valence-electron chi connectivity index (χ1n) is 13.9. The summed E-state index contributed by atoms with van der Waals surface area (Å²) < 4.78 is 0. The predicted molar refractivity (Wildman–Crippen MR) is 134 cm³/mol. The number of aliphatic hydroxyl groups excluding tert-OH is 1. The van der Waals surface area contributed by atoms with Crippen LogP contribution in [-0.4, -0.2) is 127 Å². The summed E-state index contributed by atoms with van der Waals surface area (Å²) in [4.78, 5) is 40.7. The van der Waals surface area contributed by atoms with Crippen molar-refractivity contribution in [3.8, 4) is 0 Å².